The average molecular weight is 180 g/mol. The molecule has 0 aliphatic heterocycles. The molecule has 0 atom stereocenters. The highest BCUT2D eigenvalue weighted by Gasteiger charge is 2.05. The van der Waals surface area contributed by atoms with Gasteiger partial charge in [0.2, 0.25) is 0 Å². The Labute approximate surface area is 79.2 Å². The standard InChI is InChI=1S/C11H16O2/c1-8-9(2)11(13-3)5-4-10(8)6-7-12/h4-5,12H,6-7H2,1-3H3. The lowest BCUT2D eigenvalue weighted by atomic mass is 10.0. The van der Waals surface area contributed by atoms with Crippen LogP contribution >= 0.6 is 0 Å². The SMILES string of the molecule is COc1ccc(CCO)c(C)c1C. The monoisotopic (exact) mass is 180 g/mol. The predicted octanol–water partition coefficient (Wildman–Crippen LogP) is 1.85. The molecule has 2 nitrogen and oxygen atoms in total. The highest BCUT2D eigenvalue weighted by molar-refractivity contribution is 5.43. The third-order valence-electron chi connectivity index (χ3n) is 2.45. The van der Waals surface area contributed by atoms with Crippen molar-refractivity contribution in [2.75, 3.05) is 13.7 Å². The summed E-state index contributed by atoms with van der Waals surface area (Å²) in [5, 5.41) is 8.83. The van der Waals surface area contributed by atoms with E-state index in [9.17, 15) is 0 Å². The van der Waals surface area contributed by atoms with Gasteiger partial charge in [-0.2, -0.15) is 0 Å². The van der Waals surface area contributed by atoms with Gasteiger partial charge in [0.05, 0.1) is 7.11 Å². The first-order chi connectivity index (χ1) is 6.20. The molecule has 0 fully saturated rings. The summed E-state index contributed by atoms with van der Waals surface area (Å²) in [7, 11) is 1.67. The van der Waals surface area contributed by atoms with Crippen molar-refractivity contribution in [3.8, 4) is 5.75 Å². The fourth-order valence-corrected chi connectivity index (χ4v) is 1.46. The third kappa shape index (κ3) is 2.01. The van der Waals surface area contributed by atoms with E-state index in [-0.39, 0.29) is 6.61 Å². The molecular weight excluding hydrogens is 164 g/mol. The number of hydrogen-bond acceptors (Lipinski definition) is 2. The first kappa shape index (κ1) is 10.1. The van der Waals surface area contributed by atoms with Crippen molar-refractivity contribution in [1.29, 1.82) is 0 Å². The number of rotatable bonds is 3. The summed E-state index contributed by atoms with van der Waals surface area (Å²) in [4.78, 5) is 0. The van der Waals surface area contributed by atoms with Gasteiger partial charge in [0, 0.05) is 6.61 Å². The van der Waals surface area contributed by atoms with Gasteiger partial charge in [-0.05, 0) is 43.0 Å². The summed E-state index contributed by atoms with van der Waals surface area (Å²) in [6.45, 7) is 4.30. The van der Waals surface area contributed by atoms with Crippen LogP contribution in [0.2, 0.25) is 0 Å². The molecule has 0 aromatic heterocycles. The fourth-order valence-electron chi connectivity index (χ4n) is 1.46. The minimum Gasteiger partial charge on any atom is -0.496 e. The Morgan fingerprint density at radius 2 is 1.92 bits per heavy atom. The zero-order valence-corrected chi connectivity index (χ0v) is 8.42. The van der Waals surface area contributed by atoms with Gasteiger partial charge < -0.3 is 9.84 Å². The highest BCUT2D eigenvalue weighted by atomic mass is 16.5. The van der Waals surface area contributed by atoms with Crippen LogP contribution in [0.4, 0.5) is 0 Å². The molecule has 0 spiro atoms. The molecule has 72 valence electrons. The van der Waals surface area contributed by atoms with Gasteiger partial charge in [0.25, 0.3) is 0 Å². The summed E-state index contributed by atoms with van der Waals surface area (Å²) in [5.41, 5.74) is 3.57. The lowest BCUT2D eigenvalue weighted by Crippen LogP contribution is -1.98. The van der Waals surface area contributed by atoms with E-state index in [0.29, 0.717) is 0 Å². The summed E-state index contributed by atoms with van der Waals surface area (Å²) < 4.78 is 5.20. The Kier molecular flexibility index (Phi) is 3.32. The Morgan fingerprint density at radius 1 is 1.23 bits per heavy atom. The first-order valence-electron chi connectivity index (χ1n) is 4.44. The second-order valence-electron chi connectivity index (χ2n) is 3.15. The second kappa shape index (κ2) is 4.28. The van der Waals surface area contributed by atoms with Crippen molar-refractivity contribution in [3.63, 3.8) is 0 Å². The molecule has 1 rings (SSSR count). The number of ether oxygens (including phenoxy) is 1. The maximum atomic E-state index is 8.83. The van der Waals surface area contributed by atoms with Crippen LogP contribution < -0.4 is 4.74 Å². The molecule has 0 saturated heterocycles. The van der Waals surface area contributed by atoms with Gasteiger partial charge in [0.15, 0.2) is 0 Å². The molecule has 0 aliphatic rings. The lowest BCUT2D eigenvalue weighted by Gasteiger charge is -2.11. The Morgan fingerprint density at radius 3 is 2.46 bits per heavy atom. The zero-order chi connectivity index (χ0) is 9.84. The van der Waals surface area contributed by atoms with E-state index >= 15 is 0 Å². The molecular formula is C11H16O2. The largest absolute Gasteiger partial charge is 0.496 e. The van der Waals surface area contributed by atoms with Crippen LogP contribution in [0.1, 0.15) is 16.7 Å². The van der Waals surface area contributed by atoms with E-state index in [1.54, 1.807) is 7.11 Å². The second-order valence-corrected chi connectivity index (χ2v) is 3.15. The van der Waals surface area contributed by atoms with Crippen molar-refractivity contribution in [3.05, 3.63) is 28.8 Å². The minimum atomic E-state index is 0.201. The van der Waals surface area contributed by atoms with Crippen LogP contribution in [0, 0.1) is 13.8 Å². The molecule has 1 aromatic rings. The van der Waals surface area contributed by atoms with Crippen molar-refractivity contribution in [1.82, 2.24) is 0 Å². The summed E-state index contributed by atoms with van der Waals surface area (Å²) in [5.74, 6) is 0.916. The molecule has 2 heteroatoms. The van der Waals surface area contributed by atoms with Crippen LogP contribution in [0.3, 0.4) is 0 Å². The number of benzene rings is 1. The molecule has 0 bridgehead atoms. The van der Waals surface area contributed by atoms with Gasteiger partial charge in [0.1, 0.15) is 5.75 Å². The number of aliphatic hydroxyl groups is 1. The van der Waals surface area contributed by atoms with Crippen molar-refractivity contribution in [2.24, 2.45) is 0 Å². The maximum absolute atomic E-state index is 8.83. The van der Waals surface area contributed by atoms with Crippen molar-refractivity contribution >= 4 is 0 Å². The molecule has 0 aliphatic carbocycles. The van der Waals surface area contributed by atoms with Crippen LogP contribution in [0.15, 0.2) is 12.1 Å². The normalized spacial score (nSPS) is 10.2. The maximum Gasteiger partial charge on any atom is 0.122 e. The van der Waals surface area contributed by atoms with E-state index in [1.165, 1.54) is 11.1 Å². The predicted molar refractivity (Wildman–Crippen MR) is 53.3 cm³/mol. The van der Waals surface area contributed by atoms with Gasteiger partial charge in [-0.25, -0.2) is 0 Å². The topological polar surface area (TPSA) is 29.5 Å². The molecule has 13 heavy (non-hydrogen) atoms. The molecule has 0 unspecified atom stereocenters. The van der Waals surface area contributed by atoms with E-state index in [4.69, 9.17) is 9.84 Å². The van der Waals surface area contributed by atoms with Crippen LogP contribution in [-0.4, -0.2) is 18.8 Å². The Balaban J connectivity index is 3.07. The zero-order valence-electron chi connectivity index (χ0n) is 8.42. The van der Waals surface area contributed by atoms with Crippen LogP contribution in [0.5, 0.6) is 5.75 Å². The molecule has 0 amide bonds. The van der Waals surface area contributed by atoms with E-state index < -0.39 is 0 Å². The van der Waals surface area contributed by atoms with Gasteiger partial charge >= 0.3 is 0 Å². The molecule has 0 saturated carbocycles. The molecule has 0 radical (unpaired) electrons. The summed E-state index contributed by atoms with van der Waals surface area (Å²) >= 11 is 0. The first-order valence-corrected chi connectivity index (χ1v) is 4.44. The highest BCUT2D eigenvalue weighted by Crippen LogP contribution is 2.23. The molecule has 1 aromatic carbocycles. The van der Waals surface area contributed by atoms with E-state index in [1.807, 2.05) is 19.1 Å². The van der Waals surface area contributed by atoms with Gasteiger partial charge in [-0.15, -0.1) is 0 Å². The summed E-state index contributed by atoms with van der Waals surface area (Å²) in [6, 6.07) is 3.96. The van der Waals surface area contributed by atoms with E-state index in [0.717, 1.165) is 17.7 Å². The Hall–Kier alpha value is -1.02. The van der Waals surface area contributed by atoms with E-state index in [2.05, 4.69) is 6.92 Å². The fraction of sp³-hybridized carbons (Fsp3) is 0.455. The van der Waals surface area contributed by atoms with Crippen molar-refractivity contribution in [2.45, 2.75) is 20.3 Å². The van der Waals surface area contributed by atoms with Gasteiger partial charge in [-0.3, -0.25) is 0 Å². The molecule has 1 N–H and O–H groups in total. The number of aliphatic hydroxyl groups excluding tert-OH is 1. The minimum absolute atomic E-state index is 0.201. The third-order valence-corrected chi connectivity index (χ3v) is 2.45. The van der Waals surface area contributed by atoms with Crippen LogP contribution in [-0.2, 0) is 6.42 Å². The molecule has 0 heterocycles. The van der Waals surface area contributed by atoms with Gasteiger partial charge in [-0.1, -0.05) is 6.07 Å². The van der Waals surface area contributed by atoms with Crippen molar-refractivity contribution < 1.29 is 9.84 Å². The van der Waals surface area contributed by atoms with Crippen LogP contribution in [0.25, 0.3) is 0 Å². The summed E-state index contributed by atoms with van der Waals surface area (Å²) in [6.07, 6.45) is 0.719. The smallest absolute Gasteiger partial charge is 0.122 e. The average Bonchev–Trinajstić information content (AvgIpc) is 2.14. The lowest BCUT2D eigenvalue weighted by molar-refractivity contribution is 0.299. The quantitative estimate of drug-likeness (QED) is 0.769. The number of methoxy groups -OCH3 is 1. The Bertz CT molecular complexity index is 292. The number of hydrogen-bond donors (Lipinski definition) is 1.